The molecule has 3 heterocycles. The molecular weight excluding hydrogens is 442 g/mol. The molecule has 1 saturated heterocycles. The van der Waals surface area contributed by atoms with E-state index in [-0.39, 0.29) is 11.7 Å². The summed E-state index contributed by atoms with van der Waals surface area (Å²) in [5, 5.41) is 8.86. The smallest absolute Gasteiger partial charge is 0.322 e. The number of imide groups is 1. The van der Waals surface area contributed by atoms with Crippen molar-refractivity contribution < 1.29 is 14.4 Å². The second-order valence-corrected chi connectivity index (χ2v) is 8.17. The lowest BCUT2D eigenvalue weighted by Crippen LogP contribution is -2.31. The summed E-state index contributed by atoms with van der Waals surface area (Å²) >= 11 is 0. The molecule has 1 atom stereocenters. The van der Waals surface area contributed by atoms with Gasteiger partial charge in [0.25, 0.3) is 5.91 Å². The Balaban J connectivity index is 0.000000248. The van der Waals surface area contributed by atoms with Gasteiger partial charge in [-0.1, -0.05) is 62.4 Å². The van der Waals surface area contributed by atoms with Crippen molar-refractivity contribution in [1.29, 1.82) is 0 Å². The number of nitrogens with one attached hydrogen (secondary N) is 2. The number of benzene rings is 1. The van der Waals surface area contributed by atoms with E-state index in [0.717, 1.165) is 34.4 Å². The maximum atomic E-state index is 11.6. The van der Waals surface area contributed by atoms with Crippen LogP contribution in [0.5, 0.6) is 0 Å². The number of carbonyl (C=O) groups excluding carboxylic acids is 3. The highest BCUT2D eigenvalue weighted by Crippen LogP contribution is 2.19. The van der Waals surface area contributed by atoms with E-state index in [1.54, 1.807) is 17.0 Å². The van der Waals surface area contributed by atoms with Crippen LogP contribution < -0.4 is 10.6 Å². The van der Waals surface area contributed by atoms with Gasteiger partial charge in [-0.05, 0) is 37.6 Å². The Bertz CT molecular complexity index is 1130. The number of hydrogen-bond donors (Lipinski definition) is 2. The molecule has 2 aliphatic rings. The molecule has 1 aromatic carbocycles. The SMILES string of the molecule is C=C/C=C(\C=C/CC1NC(=O)NC1=O)c1cnn(C)c1.CC.Cc1ccc2c(c1)C(=O)CN(C)C2. The van der Waals surface area contributed by atoms with Gasteiger partial charge in [-0.3, -0.25) is 24.5 Å². The molecule has 3 amide bonds. The minimum Gasteiger partial charge on any atom is -0.326 e. The van der Waals surface area contributed by atoms with Gasteiger partial charge in [0.05, 0.1) is 12.7 Å². The molecule has 2 aromatic rings. The van der Waals surface area contributed by atoms with Crippen LogP contribution in [-0.4, -0.2) is 52.0 Å². The first-order valence-electron chi connectivity index (χ1n) is 11.7. The van der Waals surface area contributed by atoms with Crippen molar-refractivity contribution in [2.24, 2.45) is 7.05 Å². The Morgan fingerprint density at radius 1 is 1.20 bits per heavy atom. The summed E-state index contributed by atoms with van der Waals surface area (Å²) in [7, 11) is 3.82. The first-order chi connectivity index (χ1) is 16.8. The molecular formula is C27H35N5O3. The summed E-state index contributed by atoms with van der Waals surface area (Å²) in [4.78, 5) is 36.0. The van der Waals surface area contributed by atoms with Crippen LogP contribution in [0.2, 0.25) is 0 Å². The van der Waals surface area contributed by atoms with E-state index >= 15 is 0 Å². The number of urea groups is 1. The quantitative estimate of drug-likeness (QED) is 0.505. The van der Waals surface area contributed by atoms with E-state index in [9.17, 15) is 14.4 Å². The van der Waals surface area contributed by atoms with Gasteiger partial charge < -0.3 is 5.32 Å². The molecule has 8 heteroatoms. The molecule has 35 heavy (non-hydrogen) atoms. The van der Waals surface area contributed by atoms with E-state index < -0.39 is 12.1 Å². The highest BCUT2D eigenvalue weighted by molar-refractivity contribution is 6.04. The van der Waals surface area contributed by atoms with Gasteiger partial charge >= 0.3 is 6.03 Å². The number of nitrogens with zero attached hydrogens (tertiary/aromatic N) is 3. The number of amides is 3. The first-order valence-corrected chi connectivity index (χ1v) is 11.7. The molecule has 1 unspecified atom stereocenters. The van der Waals surface area contributed by atoms with Gasteiger partial charge in [0.15, 0.2) is 5.78 Å². The first kappa shape index (κ1) is 27.5. The van der Waals surface area contributed by atoms with Gasteiger partial charge in [-0.15, -0.1) is 0 Å². The maximum Gasteiger partial charge on any atom is 0.322 e. The lowest BCUT2D eigenvalue weighted by atomic mass is 9.97. The number of hydrogen-bond acceptors (Lipinski definition) is 5. The third-order valence-electron chi connectivity index (χ3n) is 5.28. The molecule has 2 N–H and O–H groups in total. The Kier molecular flexibility index (Phi) is 10.4. The fourth-order valence-electron chi connectivity index (χ4n) is 3.67. The molecule has 186 valence electrons. The van der Waals surface area contributed by atoms with E-state index in [0.29, 0.717) is 13.0 Å². The maximum absolute atomic E-state index is 11.6. The van der Waals surface area contributed by atoms with Crippen LogP contribution in [0.4, 0.5) is 4.79 Å². The third kappa shape index (κ3) is 7.89. The largest absolute Gasteiger partial charge is 0.326 e. The van der Waals surface area contributed by atoms with Crippen LogP contribution in [0.25, 0.3) is 5.57 Å². The number of rotatable bonds is 5. The van der Waals surface area contributed by atoms with Crippen LogP contribution in [0.15, 0.2) is 61.5 Å². The predicted octanol–water partition coefficient (Wildman–Crippen LogP) is 3.79. The standard InChI is InChI=1S/C14H16N4O2.C11H13NO.C2H6/c1-3-5-10(11-8-15-18(2)9-11)6-4-7-12-13(19)17-14(20)16-12;1-8-3-4-9-6-12(2)7-11(13)10(9)5-8;1-2/h3-6,8-9,12H,1,7H2,2H3,(H2,16,17,19,20);3-5H,6-7H2,1-2H3;1-2H3/b6-4-,10-5+;;. The van der Waals surface area contributed by atoms with Crippen LogP contribution in [-0.2, 0) is 18.4 Å². The minimum absolute atomic E-state index is 0.243. The fourth-order valence-corrected chi connectivity index (χ4v) is 3.67. The van der Waals surface area contributed by atoms with Crippen molar-refractivity contribution in [2.45, 2.75) is 39.8 Å². The fraction of sp³-hybridized carbons (Fsp3) is 0.333. The van der Waals surface area contributed by atoms with E-state index in [1.165, 1.54) is 0 Å². The molecule has 0 radical (unpaired) electrons. The number of carbonyl (C=O) groups is 3. The number of aryl methyl sites for hydroxylation is 2. The molecule has 0 spiro atoms. The van der Waals surface area contributed by atoms with Crippen LogP contribution in [0.3, 0.4) is 0 Å². The molecule has 2 aliphatic heterocycles. The molecule has 0 saturated carbocycles. The second kappa shape index (κ2) is 13.2. The van der Waals surface area contributed by atoms with Crippen molar-refractivity contribution >= 4 is 23.3 Å². The number of Topliss-reactive ketones (excluding diaryl/α,β-unsaturated/α-hetero) is 1. The van der Waals surface area contributed by atoms with Crippen molar-refractivity contribution in [3.8, 4) is 0 Å². The van der Waals surface area contributed by atoms with E-state index in [1.807, 2.05) is 70.3 Å². The topological polar surface area (TPSA) is 96.3 Å². The average Bonchev–Trinajstić information content (AvgIpc) is 3.39. The van der Waals surface area contributed by atoms with Gasteiger partial charge in [0, 0.05) is 30.9 Å². The molecule has 8 nitrogen and oxygen atoms in total. The summed E-state index contributed by atoms with van der Waals surface area (Å²) in [6, 6.07) is 5.16. The van der Waals surface area contributed by atoms with Gasteiger partial charge in [-0.25, -0.2) is 4.79 Å². The number of likely N-dealkylation sites (N-methyl/N-ethyl adjacent to an activating group) is 1. The monoisotopic (exact) mass is 477 g/mol. The molecule has 4 rings (SSSR count). The summed E-state index contributed by atoms with van der Waals surface area (Å²) < 4.78 is 1.71. The lowest BCUT2D eigenvalue weighted by molar-refractivity contribution is -0.120. The molecule has 0 bridgehead atoms. The summed E-state index contributed by atoms with van der Waals surface area (Å²) in [5.41, 5.74) is 5.14. The molecule has 1 fully saturated rings. The zero-order chi connectivity index (χ0) is 26.0. The zero-order valence-electron chi connectivity index (χ0n) is 21.2. The Morgan fingerprint density at radius 2 is 1.94 bits per heavy atom. The normalized spacial score (nSPS) is 17.6. The van der Waals surface area contributed by atoms with Crippen LogP contribution in [0.1, 0.15) is 47.3 Å². The van der Waals surface area contributed by atoms with E-state index in [4.69, 9.17) is 0 Å². The van der Waals surface area contributed by atoms with Gasteiger partial charge in [0.1, 0.15) is 6.04 Å². The van der Waals surface area contributed by atoms with Crippen LogP contribution >= 0.6 is 0 Å². The third-order valence-corrected chi connectivity index (χ3v) is 5.28. The van der Waals surface area contributed by atoms with E-state index in [2.05, 4.69) is 34.4 Å². The number of aromatic nitrogens is 2. The number of fused-ring (bicyclic) bond motifs is 1. The molecule has 0 aliphatic carbocycles. The predicted molar refractivity (Wildman–Crippen MR) is 139 cm³/mol. The van der Waals surface area contributed by atoms with Crippen molar-refractivity contribution in [3.63, 3.8) is 0 Å². The Morgan fingerprint density at radius 3 is 2.54 bits per heavy atom. The van der Waals surface area contributed by atoms with Gasteiger partial charge in [-0.2, -0.15) is 5.10 Å². The molecule has 1 aromatic heterocycles. The summed E-state index contributed by atoms with van der Waals surface area (Å²) in [6.45, 7) is 11.1. The minimum atomic E-state index is -0.502. The Hall–Kier alpha value is -3.78. The Labute approximate surface area is 207 Å². The second-order valence-electron chi connectivity index (χ2n) is 8.17. The summed E-state index contributed by atoms with van der Waals surface area (Å²) in [5.74, 6) is -0.0530. The zero-order valence-corrected chi connectivity index (χ0v) is 21.2. The van der Waals surface area contributed by atoms with Crippen molar-refractivity contribution in [3.05, 3.63) is 83.7 Å². The highest BCUT2D eigenvalue weighted by Gasteiger charge is 2.27. The van der Waals surface area contributed by atoms with Crippen molar-refractivity contribution in [1.82, 2.24) is 25.3 Å². The lowest BCUT2D eigenvalue weighted by Gasteiger charge is -2.23. The van der Waals surface area contributed by atoms with Crippen LogP contribution in [0, 0.1) is 6.92 Å². The highest BCUT2D eigenvalue weighted by atomic mass is 16.2. The average molecular weight is 478 g/mol. The van der Waals surface area contributed by atoms with Gasteiger partial charge in [0.2, 0.25) is 0 Å². The number of allylic oxidation sites excluding steroid dienone is 4. The van der Waals surface area contributed by atoms with Crippen molar-refractivity contribution in [2.75, 3.05) is 13.6 Å². The number of ketones is 1. The summed E-state index contributed by atoms with van der Waals surface area (Å²) in [6.07, 6.45) is 11.4.